The van der Waals surface area contributed by atoms with Crippen LogP contribution in [0.25, 0.3) is 0 Å². The van der Waals surface area contributed by atoms with Gasteiger partial charge >= 0.3 is 12.1 Å². The fourth-order valence-electron chi connectivity index (χ4n) is 1.22. The molecule has 0 atom stereocenters. The van der Waals surface area contributed by atoms with Crippen molar-refractivity contribution in [3.05, 3.63) is 28.8 Å². The largest absolute Gasteiger partial charge is 0.484 e. The van der Waals surface area contributed by atoms with Gasteiger partial charge < -0.3 is 14.6 Å². The molecule has 0 aliphatic rings. The van der Waals surface area contributed by atoms with E-state index in [-0.39, 0.29) is 22.9 Å². The molecule has 0 spiro atoms. The molecule has 8 heteroatoms. The molecule has 0 fully saturated rings. The van der Waals surface area contributed by atoms with Crippen LogP contribution in [0.15, 0.2) is 18.2 Å². The van der Waals surface area contributed by atoms with Crippen molar-refractivity contribution in [3.63, 3.8) is 0 Å². The minimum absolute atomic E-state index is 0.0563. The summed E-state index contributed by atoms with van der Waals surface area (Å²) in [5.74, 6) is -1.78. The number of carbonyl (C=O) groups excluding carboxylic acids is 2. The number of alkyl carbamates (subject to hydrolysis) is 1. The maximum atomic E-state index is 11.3. The van der Waals surface area contributed by atoms with E-state index >= 15 is 0 Å². The summed E-state index contributed by atoms with van der Waals surface area (Å²) in [6, 6.07) is 3.93. The second-order valence-corrected chi connectivity index (χ2v) is 3.91. The first-order chi connectivity index (χ1) is 9.43. The van der Waals surface area contributed by atoms with Crippen molar-refractivity contribution in [1.82, 2.24) is 5.32 Å². The van der Waals surface area contributed by atoms with Crippen LogP contribution in [-0.4, -0.2) is 36.3 Å². The number of carbonyl (C=O) groups is 3. The monoisotopic (exact) mass is 301 g/mol. The standard InChI is InChI=1S/C12H12ClNO6/c1-2-19-12(18)14-10(15)6-20-7-3-4-9(13)8(5-7)11(16)17/h3-5H,2,6H2,1H3,(H,16,17)(H,14,15,18). The number of benzene rings is 1. The first kappa shape index (κ1) is 15.8. The average Bonchev–Trinajstić information content (AvgIpc) is 2.37. The molecule has 1 rings (SSSR count). The van der Waals surface area contributed by atoms with Gasteiger partial charge in [0.1, 0.15) is 5.75 Å². The van der Waals surface area contributed by atoms with Crippen molar-refractivity contribution in [1.29, 1.82) is 0 Å². The van der Waals surface area contributed by atoms with Gasteiger partial charge in [0.15, 0.2) is 6.61 Å². The number of rotatable bonds is 5. The summed E-state index contributed by atoms with van der Waals surface area (Å²) in [7, 11) is 0. The molecule has 2 amide bonds. The summed E-state index contributed by atoms with van der Waals surface area (Å²) in [5, 5.41) is 10.9. The minimum Gasteiger partial charge on any atom is -0.484 e. The first-order valence-corrected chi connectivity index (χ1v) is 5.94. The third-order valence-corrected chi connectivity index (χ3v) is 2.38. The van der Waals surface area contributed by atoms with E-state index in [1.54, 1.807) is 6.92 Å². The molecule has 1 aromatic carbocycles. The Hall–Kier alpha value is -2.28. The van der Waals surface area contributed by atoms with Gasteiger partial charge in [0, 0.05) is 0 Å². The van der Waals surface area contributed by atoms with Gasteiger partial charge in [-0.2, -0.15) is 0 Å². The minimum atomic E-state index is -1.21. The molecular formula is C12H12ClNO6. The number of halogens is 1. The van der Waals surface area contributed by atoms with Gasteiger partial charge in [0.05, 0.1) is 17.2 Å². The van der Waals surface area contributed by atoms with Crippen LogP contribution in [0.1, 0.15) is 17.3 Å². The van der Waals surface area contributed by atoms with Gasteiger partial charge in [-0.1, -0.05) is 11.6 Å². The Labute approximate surface area is 119 Å². The molecule has 0 aliphatic carbocycles. The lowest BCUT2D eigenvalue weighted by atomic mass is 10.2. The molecule has 0 radical (unpaired) electrons. The molecule has 0 saturated heterocycles. The van der Waals surface area contributed by atoms with Crippen molar-refractivity contribution in [2.75, 3.05) is 13.2 Å². The highest BCUT2D eigenvalue weighted by molar-refractivity contribution is 6.33. The van der Waals surface area contributed by atoms with Crippen LogP contribution in [0.4, 0.5) is 4.79 Å². The maximum Gasteiger partial charge on any atom is 0.413 e. The Morgan fingerprint density at radius 3 is 2.65 bits per heavy atom. The maximum absolute atomic E-state index is 11.3. The van der Waals surface area contributed by atoms with Crippen molar-refractivity contribution >= 4 is 29.6 Å². The van der Waals surface area contributed by atoms with Gasteiger partial charge in [-0.15, -0.1) is 0 Å². The third-order valence-electron chi connectivity index (χ3n) is 2.06. The number of aromatic carboxylic acids is 1. The molecule has 0 heterocycles. The van der Waals surface area contributed by atoms with Gasteiger partial charge in [0.25, 0.3) is 5.91 Å². The highest BCUT2D eigenvalue weighted by Gasteiger charge is 2.12. The van der Waals surface area contributed by atoms with Crippen LogP contribution in [0.5, 0.6) is 5.75 Å². The van der Waals surface area contributed by atoms with Gasteiger partial charge in [-0.3, -0.25) is 10.1 Å². The number of ether oxygens (including phenoxy) is 2. The summed E-state index contributed by atoms with van der Waals surface area (Å²) < 4.78 is 9.56. The number of carboxylic acids is 1. The Morgan fingerprint density at radius 1 is 1.35 bits per heavy atom. The van der Waals surface area contributed by atoms with Crippen molar-refractivity contribution in [2.24, 2.45) is 0 Å². The topological polar surface area (TPSA) is 102 Å². The summed E-state index contributed by atoms with van der Waals surface area (Å²) >= 11 is 5.68. The Balaban J connectivity index is 2.58. The normalized spacial score (nSPS) is 9.70. The van der Waals surface area contributed by atoms with E-state index in [9.17, 15) is 14.4 Å². The molecule has 108 valence electrons. The third kappa shape index (κ3) is 4.77. The van der Waals surface area contributed by atoms with E-state index in [4.69, 9.17) is 21.4 Å². The number of hydrogen-bond donors (Lipinski definition) is 2. The average molecular weight is 302 g/mol. The lowest BCUT2D eigenvalue weighted by Crippen LogP contribution is -2.34. The van der Waals surface area contributed by atoms with Gasteiger partial charge in [-0.25, -0.2) is 9.59 Å². The van der Waals surface area contributed by atoms with Crippen LogP contribution in [0, 0.1) is 0 Å². The van der Waals surface area contributed by atoms with E-state index in [1.165, 1.54) is 18.2 Å². The highest BCUT2D eigenvalue weighted by Crippen LogP contribution is 2.22. The Kier molecular flexibility index (Phi) is 5.79. The second-order valence-electron chi connectivity index (χ2n) is 3.50. The van der Waals surface area contributed by atoms with E-state index < -0.39 is 24.6 Å². The van der Waals surface area contributed by atoms with Crippen LogP contribution in [-0.2, 0) is 9.53 Å². The van der Waals surface area contributed by atoms with Crippen molar-refractivity contribution in [2.45, 2.75) is 6.92 Å². The highest BCUT2D eigenvalue weighted by atomic mass is 35.5. The lowest BCUT2D eigenvalue weighted by Gasteiger charge is -2.08. The fourth-order valence-corrected chi connectivity index (χ4v) is 1.42. The Morgan fingerprint density at radius 2 is 2.05 bits per heavy atom. The number of nitrogens with one attached hydrogen (secondary N) is 1. The molecule has 2 N–H and O–H groups in total. The zero-order chi connectivity index (χ0) is 15.1. The quantitative estimate of drug-likeness (QED) is 0.858. The molecular weight excluding hydrogens is 290 g/mol. The van der Waals surface area contributed by atoms with Crippen molar-refractivity contribution in [3.8, 4) is 5.75 Å². The predicted octanol–water partition coefficient (Wildman–Crippen LogP) is 1.69. The van der Waals surface area contributed by atoms with Crippen LogP contribution in [0.2, 0.25) is 5.02 Å². The molecule has 1 aromatic rings. The van der Waals surface area contributed by atoms with Crippen LogP contribution in [0.3, 0.4) is 0 Å². The van der Waals surface area contributed by atoms with E-state index in [0.717, 1.165) is 0 Å². The smallest absolute Gasteiger partial charge is 0.413 e. The second kappa shape index (κ2) is 7.34. The Bertz CT molecular complexity index is 531. The number of amides is 2. The zero-order valence-corrected chi connectivity index (χ0v) is 11.3. The van der Waals surface area contributed by atoms with Gasteiger partial charge in [0.2, 0.25) is 0 Å². The number of hydrogen-bond acceptors (Lipinski definition) is 5. The van der Waals surface area contributed by atoms with Crippen LogP contribution < -0.4 is 10.1 Å². The summed E-state index contributed by atoms with van der Waals surface area (Å²) in [4.78, 5) is 33.1. The molecule has 0 saturated carbocycles. The predicted molar refractivity (Wildman–Crippen MR) is 69.1 cm³/mol. The molecule has 7 nitrogen and oxygen atoms in total. The molecule has 20 heavy (non-hydrogen) atoms. The first-order valence-electron chi connectivity index (χ1n) is 5.56. The zero-order valence-electron chi connectivity index (χ0n) is 10.5. The van der Waals surface area contributed by atoms with E-state index in [2.05, 4.69) is 4.74 Å². The number of imide groups is 1. The molecule has 0 aliphatic heterocycles. The van der Waals surface area contributed by atoms with Crippen LogP contribution >= 0.6 is 11.6 Å². The fraction of sp³-hybridized carbons (Fsp3) is 0.250. The van der Waals surface area contributed by atoms with Gasteiger partial charge in [-0.05, 0) is 25.1 Å². The van der Waals surface area contributed by atoms with E-state index in [1.807, 2.05) is 5.32 Å². The summed E-state index contributed by atoms with van der Waals surface area (Å²) in [6.45, 7) is 1.28. The number of carboxylic acid groups (broad SMARTS) is 1. The lowest BCUT2D eigenvalue weighted by molar-refractivity contribution is -0.122. The molecule has 0 bridgehead atoms. The van der Waals surface area contributed by atoms with E-state index in [0.29, 0.717) is 0 Å². The molecule has 0 aromatic heterocycles. The van der Waals surface area contributed by atoms with Crippen molar-refractivity contribution < 1.29 is 29.0 Å². The SMILES string of the molecule is CCOC(=O)NC(=O)COc1ccc(Cl)c(C(=O)O)c1. The molecule has 0 unspecified atom stereocenters. The summed E-state index contributed by atoms with van der Waals surface area (Å²) in [6.07, 6.45) is -0.872. The summed E-state index contributed by atoms with van der Waals surface area (Å²) in [5.41, 5.74) is -0.144.